The van der Waals surface area contributed by atoms with E-state index in [0.717, 1.165) is 22.8 Å². The van der Waals surface area contributed by atoms with E-state index in [9.17, 15) is 19.5 Å². The highest BCUT2D eigenvalue weighted by Gasteiger charge is 2.76. The van der Waals surface area contributed by atoms with Gasteiger partial charge in [0.1, 0.15) is 6.04 Å². The van der Waals surface area contributed by atoms with Crippen molar-refractivity contribution in [3.63, 3.8) is 0 Å². The molecule has 3 unspecified atom stereocenters. The maximum absolute atomic E-state index is 14.3. The molecule has 3 aliphatic heterocycles. The molecule has 2 bridgehead atoms. The molecule has 3 N–H and O–H groups in total. The van der Waals surface area contributed by atoms with E-state index >= 15 is 0 Å². The highest BCUT2D eigenvalue weighted by Crippen LogP contribution is 2.69. The molecule has 3 fully saturated rings. The van der Waals surface area contributed by atoms with E-state index in [0.29, 0.717) is 5.69 Å². The molecule has 3 saturated heterocycles. The van der Waals surface area contributed by atoms with Gasteiger partial charge in [-0.2, -0.15) is 0 Å². The molecule has 3 amide bonds. The third-order valence-corrected chi connectivity index (χ3v) is 10.8. The Morgan fingerprint density at radius 3 is 2.47 bits per heavy atom. The van der Waals surface area contributed by atoms with Crippen molar-refractivity contribution in [2.45, 2.75) is 35.4 Å². The van der Waals surface area contributed by atoms with Crippen molar-refractivity contribution in [2.24, 2.45) is 17.8 Å². The van der Waals surface area contributed by atoms with Crippen LogP contribution in [0, 0.1) is 17.8 Å². The summed E-state index contributed by atoms with van der Waals surface area (Å²) in [6.45, 7) is 1.76. The van der Waals surface area contributed by atoms with Crippen LogP contribution in [-0.2, 0) is 14.4 Å². The number of carbonyl (C=O) groups excluding carboxylic acids is 3. The number of aliphatic hydroxyl groups is 1. The van der Waals surface area contributed by atoms with E-state index in [1.807, 2.05) is 72.8 Å². The smallest absolute Gasteiger partial charge is 0.248 e. The second-order valence-corrected chi connectivity index (χ2v) is 12.1. The van der Waals surface area contributed by atoms with Crippen LogP contribution in [0.4, 0.5) is 5.69 Å². The zero-order valence-corrected chi connectivity index (χ0v) is 22.2. The fourth-order valence-corrected chi connectivity index (χ4v) is 9.48. The van der Waals surface area contributed by atoms with E-state index < -0.39 is 28.7 Å². The number of hydrogen-bond donors (Lipinski definition) is 3. The normalized spacial score (nSPS) is 30.3. The van der Waals surface area contributed by atoms with Crippen molar-refractivity contribution in [3.8, 4) is 0 Å². The molecule has 8 heteroatoms. The van der Waals surface area contributed by atoms with Gasteiger partial charge in [-0.05, 0) is 40.8 Å². The number of anilines is 1. The van der Waals surface area contributed by atoms with Gasteiger partial charge in [0.25, 0.3) is 0 Å². The summed E-state index contributed by atoms with van der Waals surface area (Å²) in [5, 5.41) is 18.5. The number of likely N-dealkylation sites (tertiary alicyclic amines) is 1. The van der Waals surface area contributed by atoms with Crippen molar-refractivity contribution in [1.82, 2.24) is 10.2 Å². The summed E-state index contributed by atoms with van der Waals surface area (Å²) < 4.78 is -0.762. The second kappa shape index (κ2) is 9.43. The third-order valence-electron chi connectivity index (χ3n) is 8.69. The monoisotopic (exact) mass is 529 g/mol. The first kappa shape index (κ1) is 24.9. The van der Waals surface area contributed by atoms with E-state index in [1.165, 1.54) is 0 Å². The number of thioether (sulfide) groups is 1. The first-order valence-corrected chi connectivity index (χ1v) is 14.0. The average molecular weight is 530 g/mol. The van der Waals surface area contributed by atoms with E-state index in [4.69, 9.17) is 0 Å². The first-order valence-electron chi connectivity index (χ1n) is 13.1. The lowest BCUT2D eigenvalue weighted by Crippen LogP contribution is -2.55. The fourth-order valence-electron chi connectivity index (χ4n) is 7.07. The first-order chi connectivity index (χ1) is 18.4. The summed E-state index contributed by atoms with van der Waals surface area (Å²) in [7, 11) is 1.59. The Hall–Kier alpha value is -3.36. The third kappa shape index (κ3) is 3.57. The number of fused-ring (bicyclic) bond motifs is 2. The molecular weight excluding hydrogens is 498 g/mol. The molecule has 38 heavy (non-hydrogen) atoms. The molecule has 7 atom stereocenters. The minimum atomic E-state index is -0.844. The number of amides is 3. The molecule has 3 aromatic carbocycles. The van der Waals surface area contributed by atoms with Gasteiger partial charge in [0.2, 0.25) is 17.7 Å². The predicted molar refractivity (Wildman–Crippen MR) is 148 cm³/mol. The van der Waals surface area contributed by atoms with Crippen molar-refractivity contribution in [3.05, 3.63) is 78.4 Å². The van der Waals surface area contributed by atoms with Crippen LogP contribution in [0.25, 0.3) is 10.8 Å². The lowest BCUT2D eigenvalue weighted by atomic mass is 9.66. The molecule has 3 aliphatic rings. The Balaban J connectivity index is 1.45. The molecule has 1 spiro atoms. The highest BCUT2D eigenvalue weighted by molar-refractivity contribution is 8.02. The van der Waals surface area contributed by atoms with Crippen LogP contribution in [0.5, 0.6) is 0 Å². The molecule has 0 saturated carbocycles. The summed E-state index contributed by atoms with van der Waals surface area (Å²) in [6.07, 6.45) is 0.759. The van der Waals surface area contributed by atoms with Gasteiger partial charge >= 0.3 is 0 Å². The Bertz CT molecular complexity index is 1410. The van der Waals surface area contributed by atoms with Gasteiger partial charge in [-0.25, -0.2) is 0 Å². The molecule has 0 aromatic heterocycles. The van der Waals surface area contributed by atoms with Crippen molar-refractivity contribution < 1.29 is 19.5 Å². The van der Waals surface area contributed by atoms with Gasteiger partial charge in [0.15, 0.2) is 0 Å². The number of nitrogens with one attached hydrogen (secondary N) is 2. The number of benzene rings is 3. The van der Waals surface area contributed by atoms with E-state index in [2.05, 4.69) is 17.6 Å². The standard InChI is InChI=1S/C30H31N3O4S/c1-17-14-23-24(27(35)31-2)25-29(37)33(22(16-34)19-9-4-3-5-10-19)26(30(17,25)38-23)28(36)32-21-13-12-18-8-6-7-11-20(18)15-21/h3-13,15,17,22-26,34H,14,16H2,1-2H3,(H,31,35)(H,32,36)/t17?,22-,23+,24-,25+,26?,30?/m1/s1. The predicted octanol–water partition coefficient (Wildman–Crippen LogP) is 3.60. The van der Waals surface area contributed by atoms with Crippen LogP contribution in [0.1, 0.15) is 24.9 Å². The summed E-state index contributed by atoms with van der Waals surface area (Å²) in [5.74, 6) is -1.79. The van der Waals surface area contributed by atoms with Crippen LogP contribution in [0.3, 0.4) is 0 Å². The van der Waals surface area contributed by atoms with Crippen molar-refractivity contribution in [2.75, 3.05) is 19.0 Å². The summed E-state index contributed by atoms with van der Waals surface area (Å²) in [5.41, 5.74) is 1.40. The van der Waals surface area contributed by atoms with Crippen LogP contribution >= 0.6 is 11.8 Å². The Morgan fingerprint density at radius 1 is 1.05 bits per heavy atom. The lowest BCUT2D eigenvalue weighted by molar-refractivity contribution is -0.142. The van der Waals surface area contributed by atoms with Gasteiger partial charge < -0.3 is 20.6 Å². The minimum Gasteiger partial charge on any atom is -0.394 e. The second-order valence-electron chi connectivity index (χ2n) is 10.6. The van der Waals surface area contributed by atoms with Gasteiger partial charge in [-0.1, -0.05) is 67.6 Å². The Morgan fingerprint density at radius 2 is 1.76 bits per heavy atom. The SMILES string of the molecule is CNC(=O)[C@@H]1[C@@H]2CC(C)C3(S2)C(C(=O)Nc2ccc4ccccc4c2)N([C@H](CO)c2ccccc2)C(=O)[C@H]13. The quantitative estimate of drug-likeness (QED) is 0.453. The number of rotatable bonds is 6. The average Bonchev–Trinajstić information content (AvgIpc) is 3.53. The van der Waals surface area contributed by atoms with Crippen molar-refractivity contribution in [1.29, 1.82) is 0 Å². The molecule has 3 aromatic rings. The Kier molecular flexibility index (Phi) is 6.19. The van der Waals surface area contributed by atoms with Gasteiger partial charge in [0.05, 0.1) is 29.2 Å². The van der Waals surface area contributed by atoms with Gasteiger partial charge in [-0.15, -0.1) is 11.8 Å². The van der Waals surface area contributed by atoms with E-state index in [1.54, 1.807) is 23.7 Å². The largest absolute Gasteiger partial charge is 0.394 e. The zero-order valence-electron chi connectivity index (χ0n) is 21.3. The zero-order chi connectivity index (χ0) is 26.6. The molecule has 7 nitrogen and oxygen atoms in total. The van der Waals surface area contributed by atoms with Crippen LogP contribution in [0.15, 0.2) is 72.8 Å². The topological polar surface area (TPSA) is 98.7 Å². The van der Waals surface area contributed by atoms with Crippen LogP contribution < -0.4 is 10.6 Å². The maximum Gasteiger partial charge on any atom is 0.248 e. The molecule has 0 radical (unpaired) electrons. The van der Waals surface area contributed by atoms with Gasteiger partial charge in [-0.3, -0.25) is 14.4 Å². The Labute approximate surface area is 226 Å². The number of nitrogens with zero attached hydrogens (tertiary/aromatic N) is 1. The van der Waals surface area contributed by atoms with E-state index in [-0.39, 0.29) is 35.5 Å². The molecule has 0 aliphatic carbocycles. The highest BCUT2D eigenvalue weighted by atomic mass is 32.2. The maximum atomic E-state index is 14.3. The molecule has 6 rings (SSSR count). The molecule has 3 heterocycles. The fraction of sp³-hybridized carbons (Fsp3) is 0.367. The summed E-state index contributed by atoms with van der Waals surface area (Å²) in [4.78, 5) is 43.2. The van der Waals surface area contributed by atoms with Crippen LogP contribution in [0.2, 0.25) is 0 Å². The van der Waals surface area contributed by atoms with Gasteiger partial charge in [0, 0.05) is 18.0 Å². The summed E-state index contributed by atoms with van der Waals surface area (Å²) >= 11 is 1.62. The van der Waals surface area contributed by atoms with Crippen molar-refractivity contribution >= 4 is 45.9 Å². The van der Waals surface area contributed by atoms with Crippen LogP contribution in [-0.4, -0.2) is 57.4 Å². The molecular formula is C30H31N3O4S. The lowest BCUT2D eigenvalue weighted by Gasteiger charge is -2.40. The molecule has 196 valence electrons. The number of carbonyl (C=O) groups is 3. The summed E-state index contributed by atoms with van der Waals surface area (Å²) in [6, 6.07) is 21.5. The minimum absolute atomic E-state index is 0.0266. The number of aliphatic hydroxyl groups excluding tert-OH is 1. The number of hydrogen-bond acceptors (Lipinski definition) is 5.